The highest BCUT2D eigenvalue weighted by Gasteiger charge is 2.23. The highest BCUT2D eigenvalue weighted by molar-refractivity contribution is 9.10. The number of rotatable bonds is 6. The van der Waals surface area contributed by atoms with Gasteiger partial charge in [0.05, 0.1) is 9.99 Å². The molecular formula is C16H22BrN5O. The molecule has 0 radical (unpaired) electrons. The van der Waals surface area contributed by atoms with Gasteiger partial charge in [-0.05, 0) is 46.8 Å². The van der Waals surface area contributed by atoms with Gasteiger partial charge in [0.2, 0.25) is 0 Å². The summed E-state index contributed by atoms with van der Waals surface area (Å²) in [4.78, 5) is 2.43. The normalized spacial score (nSPS) is 19.3. The highest BCUT2D eigenvalue weighted by atomic mass is 79.9. The molecule has 124 valence electrons. The van der Waals surface area contributed by atoms with Gasteiger partial charge in [-0.1, -0.05) is 5.21 Å². The maximum Gasteiger partial charge on any atom is 0.135 e. The molecule has 1 aromatic heterocycles. The minimum atomic E-state index is 0.695. The van der Waals surface area contributed by atoms with Crippen LogP contribution in [0.3, 0.4) is 0 Å². The van der Waals surface area contributed by atoms with E-state index < -0.39 is 0 Å². The Balaban J connectivity index is 1.41. The molecule has 0 unspecified atom stereocenters. The summed E-state index contributed by atoms with van der Waals surface area (Å²) in [6, 6.07) is 4.10. The zero-order chi connectivity index (χ0) is 15.6. The number of nitrogens with zero attached hydrogens (tertiary/aromatic N) is 4. The number of benzene rings is 1. The lowest BCUT2D eigenvalue weighted by Gasteiger charge is -2.27. The van der Waals surface area contributed by atoms with E-state index in [-0.39, 0.29) is 0 Å². The second kappa shape index (κ2) is 6.75. The van der Waals surface area contributed by atoms with E-state index in [0.29, 0.717) is 6.61 Å². The van der Waals surface area contributed by atoms with E-state index in [9.17, 15) is 0 Å². The Morgan fingerprint density at radius 3 is 2.87 bits per heavy atom. The average Bonchev–Trinajstić information content (AvgIpc) is 3.30. The third kappa shape index (κ3) is 3.51. The molecule has 1 saturated heterocycles. The van der Waals surface area contributed by atoms with Crippen molar-refractivity contribution < 1.29 is 4.74 Å². The SMILES string of the molecule is Brc1c(OCCN2CCNCC2)ccc2c1nnn2CC1CC1. The standard InChI is InChI=1S/C16H22BrN5O/c17-15-14(23-10-9-21-7-5-18-6-8-21)4-3-13-16(15)19-20-22(13)11-12-1-2-12/h3-4,12,18H,1-2,5-11H2. The molecule has 0 bridgehead atoms. The molecular weight excluding hydrogens is 358 g/mol. The van der Waals surface area contributed by atoms with Gasteiger partial charge in [0.1, 0.15) is 17.9 Å². The molecule has 1 aliphatic carbocycles. The molecule has 0 spiro atoms. The summed E-state index contributed by atoms with van der Waals surface area (Å²) in [6.45, 7) is 6.96. The van der Waals surface area contributed by atoms with Crippen LogP contribution in [-0.2, 0) is 6.54 Å². The summed E-state index contributed by atoms with van der Waals surface area (Å²) < 4.78 is 8.89. The lowest BCUT2D eigenvalue weighted by atomic mass is 10.3. The molecule has 4 rings (SSSR count). The van der Waals surface area contributed by atoms with Crippen molar-refractivity contribution in [3.05, 3.63) is 16.6 Å². The lowest BCUT2D eigenvalue weighted by molar-refractivity contribution is 0.191. The largest absolute Gasteiger partial charge is 0.491 e. The van der Waals surface area contributed by atoms with Crippen LogP contribution in [-0.4, -0.2) is 59.2 Å². The first-order chi connectivity index (χ1) is 11.3. The summed E-state index contributed by atoms with van der Waals surface area (Å²) >= 11 is 3.64. The molecule has 1 aliphatic heterocycles. The van der Waals surface area contributed by atoms with Crippen molar-refractivity contribution in [2.45, 2.75) is 19.4 Å². The van der Waals surface area contributed by atoms with E-state index in [1.807, 2.05) is 10.7 Å². The van der Waals surface area contributed by atoms with Crippen molar-refractivity contribution in [1.82, 2.24) is 25.2 Å². The topological polar surface area (TPSA) is 55.2 Å². The van der Waals surface area contributed by atoms with E-state index in [1.165, 1.54) is 12.8 Å². The van der Waals surface area contributed by atoms with Gasteiger partial charge in [-0.25, -0.2) is 4.68 Å². The Morgan fingerprint density at radius 2 is 2.09 bits per heavy atom. The molecule has 7 heteroatoms. The maximum absolute atomic E-state index is 5.96. The number of nitrogens with one attached hydrogen (secondary N) is 1. The predicted octanol–water partition coefficient (Wildman–Crippen LogP) is 1.89. The Morgan fingerprint density at radius 1 is 1.26 bits per heavy atom. The third-order valence-corrected chi connectivity index (χ3v) is 5.36. The first-order valence-electron chi connectivity index (χ1n) is 8.39. The van der Waals surface area contributed by atoms with Crippen LogP contribution in [0.2, 0.25) is 0 Å². The molecule has 0 amide bonds. The summed E-state index contributed by atoms with van der Waals surface area (Å²) in [5, 5.41) is 12.0. The Hall–Kier alpha value is -1.18. The number of hydrogen-bond donors (Lipinski definition) is 1. The quantitative estimate of drug-likeness (QED) is 0.830. The summed E-state index contributed by atoms with van der Waals surface area (Å²) in [6.07, 6.45) is 2.63. The Bertz CT molecular complexity index is 678. The van der Waals surface area contributed by atoms with E-state index >= 15 is 0 Å². The van der Waals surface area contributed by atoms with E-state index in [4.69, 9.17) is 4.74 Å². The highest BCUT2D eigenvalue weighted by Crippen LogP contribution is 2.34. The molecule has 2 fully saturated rings. The van der Waals surface area contributed by atoms with Crippen LogP contribution in [0.4, 0.5) is 0 Å². The first kappa shape index (κ1) is 15.4. The van der Waals surface area contributed by atoms with E-state index in [2.05, 4.69) is 42.5 Å². The van der Waals surface area contributed by atoms with E-state index in [1.54, 1.807) is 0 Å². The maximum atomic E-state index is 5.96. The Kier molecular flexibility index (Phi) is 4.50. The molecule has 0 atom stereocenters. The van der Waals surface area contributed by atoms with Crippen molar-refractivity contribution >= 4 is 27.0 Å². The minimum absolute atomic E-state index is 0.695. The molecule has 23 heavy (non-hydrogen) atoms. The van der Waals surface area contributed by atoms with Crippen molar-refractivity contribution in [3.63, 3.8) is 0 Å². The number of fused-ring (bicyclic) bond motifs is 1. The summed E-state index contributed by atoms with van der Waals surface area (Å²) in [5.74, 6) is 1.64. The summed E-state index contributed by atoms with van der Waals surface area (Å²) in [5.41, 5.74) is 1.98. The fourth-order valence-corrected chi connectivity index (χ4v) is 3.53. The third-order valence-electron chi connectivity index (χ3n) is 4.59. The van der Waals surface area contributed by atoms with E-state index in [0.717, 1.165) is 66.4 Å². The number of aromatic nitrogens is 3. The lowest BCUT2D eigenvalue weighted by Crippen LogP contribution is -2.44. The van der Waals surface area contributed by atoms with Crippen molar-refractivity contribution in [1.29, 1.82) is 0 Å². The van der Waals surface area contributed by atoms with Gasteiger partial charge in [-0.2, -0.15) is 0 Å². The number of ether oxygens (including phenoxy) is 1. The molecule has 1 aromatic carbocycles. The smallest absolute Gasteiger partial charge is 0.135 e. The van der Waals surface area contributed by atoms with Crippen molar-refractivity contribution in [2.75, 3.05) is 39.3 Å². The van der Waals surface area contributed by atoms with Crippen LogP contribution in [0.5, 0.6) is 5.75 Å². The van der Waals surface area contributed by atoms with Gasteiger partial charge in [0.15, 0.2) is 0 Å². The molecule has 6 nitrogen and oxygen atoms in total. The van der Waals surface area contributed by atoms with Gasteiger partial charge in [-0.3, -0.25) is 4.90 Å². The summed E-state index contributed by atoms with van der Waals surface area (Å²) in [7, 11) is 0. The molecule has 1 saturated carbocycles. The van der Waals surface area contributed by atoms with Gasteiger partial charge >= 0.3 is 0 Å². The van der Waals surface area contributed by atoms with Gasteiger partial charge < -0.3 is 10.1 Å². The molecule has 1 N–H and O–H groups in total. The Labute approximate surface area is 144 Å². The average molecular weight is 380 g/mol. The number of hydrogen-bond acceptors (Lipinski definition) is 5. The van der Waals surface area contributed by atoms with Crippen LogP contribution < -0.4 is 10.1 Å². The van der Waals surface area contributed by atoms with Gasteiger partial charge in [-0.15, -0.1) is 5.10 Å². The first-order valence-corrected chi connectivity index (χ1v) is 9.18. The van der Waals surface area contributed by atoms with Crippen LogP contribution in [0.15, 0.2) is 16.6 Å². The van der Waals surface area contributed by atoms with Crippen LogP contribution in [0.25, 0.3) is 11.0 Å². The van der Waals surface area contributed by atoms with Crippen LogP contribution in [0.1, 0.15) is 12.8 Å². The molecule has 2 aromatic rings. The minimum Gasteiger partial charge on any atom is -0.491 e. The fourth-order valence-electron chi connectivity index (χ4n) is 3.00. The fraction of sp³-hybridized carbons (Fsp3) is 0.625. The molecule has 2 heterocycles. The van der Waals surface area contributed by atoms with Crippen molar-refractivity contribution in [2.24, 2.45) is 5.92 Å². The van der Waals surface area contributed by atoms with Crippen LogP contribution >= 0.6 is 15.9 Å². The monoisotopic (exact) mass is 379 g/mol. The van der Waals surface area contributed by atoms with Crippen molar-refractivity contribution in [3.8, 4) is 5.75 Å². The second-order valence-electron chi connectivity index (χ2n) is 6.40. The van der Waals surface area contributed by atoms with Crippen LogP contribution in [0, 0.1) is 5.92 Å². The predicted molar refractivity (Wildman–Crippen MR) is 92.8 cm³/mol. The number of halogens is 1. The number of piperazine rings is 1. The zero-order valence-electron chi connectivity index (χ0n) is 13.2. The molecule has 2 aliphatic rings. The zero-order valence-corrected chi connectivity index (χ0v) is 14.8. The van der Waals surface area contributed by atoms with Gasteiger partial charge in [0, 0.05) is 39.3 Å². The second-order valence-corrected chi connectivity index (χ2v) is 7.19. The van der Waals surface area contributed by atoms with Gasteiger partial charge in [0.25, 0.3) is 0 Å².